The number of nitrogens with one attached hydrogen (secondary N) is 1. The number of carbonyl (C=O) groups excluding carboxylic acids is 1. The first kappa shape index (κ1) is 23.1. The molecule has 5 nitrogen and oxygen atoms in total. The van der Waals surface area contributed by atoms with Gasteiger partial charge in [0, 0.05) is 18.8 Å². The fourth-order valence-electron chi connectivity index (χ4n) is 4.66. The maximum absolute atomic E-state index is 13.1. The number of hydrogen-bond donors (Lipinski definition) is 1. The summed E-state index contributed by atoms with van der Waals surface area (Å²) >= 11 is 0. The molecule has 30 heavy (non-hydrogen) atoms. The maximum Gasteiger partial charge on any atom is 0.256 e. The van der Waals surface area contributed by atoms with E-state index in [2.05, 4.69) is 31.0 Å². The Labute approximate surface area is 182 Å². The zero-order valence-electron chi connectivity index (χ0n) is 19.1. The van der Waals surface area contributed by atoms with E-state index in [1.165, 1.54) is 32.4 Å². The van der Waals surface area contributed by atoms with E-state index in [4.69, 9.17) is 9.47 Å². The highest BCUT2D eigenvalue weighted by Gasteiger charge is 2.42. The summed E-state index contributed by atoms with van der Waals surface area (Å²) in [5, 5.41) is 3.09. The molecule has 2 unspecified atom stereocenters. The third-order valence-corrected chi connectivity index (χ3v) is 6.62. The molecule has 1 saturated carbocycles. The molecule has 1 heterocycles. The largest absolute Gasteiger partial charge is 0.492 e. The molecule has 1 aliphatic carbocycles. The normalized spacial score (nSPS) is 25.8. The third kappa shape index (κ3) is 6.45. The summed E-state index contributed by atoms with van der Waals surface area (Å²) in [7, 11) is 0. The molecule has 3 rings (SSSR count). The Morgan fingerprint density at radius 2 is 1.83 bits per heavy atom. The van der Waals surface area contributed by atoms with Gasteiger partial charge in [-0.1, -0.05) is 27.2 Å². The smallest absolute Gasteiger partial charge is 0.256 e. The molecule has 168 valence electrons. The first-order valence-electron chi connectivity index (χ1n) is 11.9. The van der Waals surface area contributed by atoms with Gasteiger partial charge in [-0.2, -0.15) is 0 Å². The lowest BCUT2D eigenvalue weighted by atomic mass is 9.78. The van der Waals surface area contributed by atoms with Crippen molar-refractivity contribution in [3.63, 3.8) is 0 Å². The van der Waals surface area contributed by atoms with Crippen molar-refractivity contribution >= 4 is 11.6 Å². The first-order chi connectivity index (χ1) is 14.5. The molecule has 2 fully saturated rings. The molecular weight excluding hydrogens is 376 g/mol. The standard InChI is InChI=1S/C25H40N2O3/c1-4-17-30-25(13-5-6-21(3)19-25)24(28)26-22-7-9-23(10-8-22)29-18-16-27-14-11-20(2)12-15-27/h7-10,20-21H,4-6,11-19H2,1-3H3,(H,26,28). The first-order valence-corrected chi connectivity index (χ1v) is 11.9. The molecule has 1 aromatic carbocycles. The van der Waals surface area contributed by atoms with Crippen LogP contribution < -0.4 is 10.1 Å². The van der Waals surface area contributed by atoms with Crippen LogP contribution in [0.5, 0.6) is 5.75 Å². The van der Waals surface area contributed by atoms with E-state index >= 15 is 0 Å². The van der Waals surface area contributed by atoms with Crippen LogP contribution in [0.1, 0.15) is 65.7 Å². The Hall–Kier alpha value is -1.59. The molecule has 1 saturated heterocycles. The number of rotatable bonds is 9. The van der Waals surface area contributed by atoms with Crippen LogP contribution in [-0.4, -0.2) is 49.3 Å². The van der Waals surface area contributed by atoms with Gasteiger partial charge in [-0.25, -0.2) is 0 Å². The zero-order chi connectivity index (χ0) is 21.4. The Morgan fingerprint density at radius 1 is 1.10 bits per heavy atom. The minimum Gasteiger partial charge on any atom is -0.492 e. The van der Waals surface area contributed by atoms with Crippen LogP contribution in [0, 0.1) is 11.8 Å². The van der Waals surface area contributed by atoms with Crippen LogP contribution in [-0.2, 0) is 9.53 Å². The van der Waals surface area contributed by atoms with Gasteiger partial charge in [0.25, 0.3) is 5.91 Å². The van der Waals surface area contributed by atoms with Gasteiger partial charge in [-0.3, -0.25) is 9.69 Å². The summed E-state index contributed by atoms with van der Waals surface area (Å²) in [5.74, 6) is 2.21. The lowest BCUT2D eigenvalue weighted by Crippen LogP contribution is -2.48. The van der Waals surface area contributed by atoms with Crippen molar-refractivity contribution < 1.29 is 14.3 Å². The van der Waals surface area contributed by atoms with Gasteiger partial charge < -0.3 is 14.8 Å². The molecule has 1 aliphatic heterocycles. The number of likely N-dealkylation sites (tertiary alicyclic amines) is 1. The lowest BCUT2D eigenvalue weighted by Gasteiger charge is -2.38. The summed E-state index contributed by atoms with van der Waals surface area (Å²) in [4.78, 5) is 15.6. The topological polar surface area (TPSA) is 50.8 Å². The van der Waals surface area contributed by atoms with E-state index in [9.17, 15) is 4.79 Å². The Kier molecular flexibility index (Phi) is 8.58. The van der Waals surface area contributed by atoms with E-state index in [1.54, 1.807) is 0 Å². The summed E-state index contributed by atoms with van der Waals surface area (Å²) in [6, 6.07) is 7.74. The van der Waals surface area contributed by atoms with E-state index in [0.717, 1.165) is 49.6 Å². The molecule has 2 aliphatic rings. The molecule has 1 amide bonds. The fraction of sp³-hybridized carbons (Fsp3) is 0.720. The molecule has 0 radical (unpaired) electrons. The minimum absolute atomic E-state index is 0.00417. The number of anilines is 1. The number of benzene rings is 1. The highest BCUT2D eigenvalue weighted by atomic mass is 16.5. The second kappa shape index (κ2) is 11.1. The number of ether oxygens (including phenoxy) is 2. The van der Waals surface area contributed by atoms with Crippen molar-refractivity contribution in [1.82, 2.24) is 4.90 Å². The lowest BCUT2D eigenvalue weighted by molar-refractivity contribution is -0.148. The van der Waals surface area contributed by atoms with Crippen LogP contribution in [0.2, 0.25) is 0 Å². The number of piperidine rings is 1. The molecular formula is C25H40N2O3. The highest BCUT2D eigenvalue weighted by molar-refractivity contribution is 5.97. The van der Waals surface area contributed by atoms with Crippen molar-refractivity contribution in [3.8, 4) is 5.75 Å². The molecule has 1 aromatic rings. The van der Waals surface area contributed by atoms with Gasteiger partial charge in [0.1, 0.15) is 18.0 Å². The maximum atomic E-state index is 13.1. The number of hydrogen-bond acceptors (Lipinski definition) is 4. The van der Waals surface area contributed by atoms with Crippen LogP contribution in [0.25, 0.3) is 0 Å². The predicted molar refractivity (Wildman–Crippen MR) is 122 cm³/mol. The Morgan fingerprint density at radius 3 is 2.50 bits per heavy atom. The van der Waals surface area contributed by atoms with Crippen LogP contribution in [0.3, 0.4) is 0 Å². The summed E-state index contributed by atoms with van der Waals surface area (Å²) < 4.78 is 12.0. The van der Waals surface area contributed by atoms with Gasteiger partial charge in [0.2, 0.25) is 0 Å². The predicted octanol–water partition coefficient (Wildman–Crippen LogP) is 5.11. The third-order valence-electron chi connectivity index (χ3n) is 6.62. The Bertz CT molecular complexity index is 655. The molecule has 2 atom stereocenters. The molecule has 1 N–H and O–H groups in total. The monoisotopic (exact) mass is 416 g/mol. The number of carbonyl (C=O) groups is 1. The van der Waals surface area contributed by atoms with E-state index in [0.29, 0.717) is 19.1 Å². The van der Waals surface area contributed by atoms with Crippen molar-refractivity contribution in [3.05, 3.63) is 24.3 Å². The van der Waals surface area contributed by atoms with E-state index in [1.807, 2.05) is 24.3 Å². The van der Waals surface area contributed by atoms with Gasteiger partial charge >= 0.3 is 0 Å². The van der Waals surface area contributed by atoms with Crippen LogP contribution in [0.4, 0.5) is 5.69 Å². The van der Waals surface area contributed by atoms with E-state index in [-0.39, 0.29) is 5.91 Å². The van der Waals surface area contributed by atoms with Gasteiger partial charge in [-0.15, -0.1) is 0 Å². The van der Waals surface area contributed by atoms with Gasteiger partial charge in [0.05, 0.1) is 0 Å². The number of nitrogens with zero attached hydrogens (tertiary/aromatic N) is 1. The zero-order valence-corrected chi connectivity index (χ0v) is 19.1. The van der Waals surface area contributed by atoms with Gasteiger partial charge in [-0.05, 0) is 87.7 Å². The average Bonchev–Trinajstić information content (AvgIpc) is 2.75. The van der Waals surface area contributed by atoms with Crippen molar-refractivity contribution in [2.24, 2.45) is 11.8 Å². The molecule has 5 heteroatoms. The SMILES string of the molecule is CCCOC1(C(=O)Nc2ccc(OCCN3CCC(C)CC3)cc2)CCCC(C)C1. The number of amides is 1. The molecule has 0 aromatic heterocycles. The second-order valence-electron chi connectivity index (χ2n) is 9.40. The van der Waals surface area contributed by atoms with E-state index < -0.39 is 5.60 Å². The van der Waals surface area contributed by atoms with Crippen molar-refractivity contribution in [2.75, 3.05) is 38.2 Å². The summed E-state index contributed by atoms with van der Waals surface area (Å²) in [5.41, 5.74) is 0.115. The van der Waals surface area contributed by atoms with Crippen molar-refractivity contribution in [1.29, 1.82) is 0 Å². The summed E-state index contributed by atoms with van der Waals surface area (Å²) in [6.45, 7) is 11.3. The van der Waals surface area contributed by atoms with Gasteiger partial charge in [0.15, 0.2) is 0 Å². The van der Waals surface area contributed by atoms with Crippen LogP contribution in [0.15, 0.2) is 24.3 Å². The second-order valence-corrected chi connectivity index (χ2v) is 9.40. The fourth-order valence-corrected chi connectivity index (χ4v) is 4.66. The summed E-state index contributed by atoms with van der Waals surface area (Å²) in [6.07, 6.45) is 7.32. The average molecular weight is 417 g/mol. The highest BCUT2D eigenvalue weighted by Crippen LogP contribution is 2.36. The quantitative estimate of drug-likeness (QED) is 0.608. The Balaban J connectivity index is 1.49. The molecule has 0 spiro atoms. The van der Waals surface area contributed by atoms with Crippen LogP contribution >= 0.6 is 0 Å². The molecule has 0 bridgehead atoms. The van der Waals surface area contributed by atoms with Crippen molar-refractivity contribution in [2.45, 2.75) is 71.3 Å². The minimum atomic E-state index is -0.686.